The molecule has 1 heterocycles. The lowest BCUT2D eigenvalue weighted by Crippen LogP contribution is -2.43. The molecular formula is C7H11N. The summed E-state index contributed by atoms with van der Waals surface area (Å²) >= 11 is 0. The predicted molar refractivity (Wildman–Crippen MR) is 35.7 cm³/mol. The Labute approximate surface area is 50.1 Å². The van der Waals surface area contributed by atoms with Crippen LogP contribution in [0.2, 0.25) is 0 Å². The number of nitrogens with one attached hydrogen (secondary N) is 1. The number of hydrogen-bond donors (Lipinski definition) is 1. The van der Waals surface area contributed by atoms with Crippen molar-refractivity contribution < 1.29 is 0 Å². The van der Waals surface area contributed by atoms with Crippen LogP contribution in [0, 0.1) is 0 Å². The monoisotopic (exact) mass is 109 g/mol. The van der Waals surface area contributed by atoms with Crippen molar-refractivity contribution in [1.29, 1.82) is 0 Å². The second-order valence-electron chi connectivity index (χ2n) is 2.07. The summed E-state index contributed by atoms with van der Waals surface area (Å²) in [5.74, 6) is 0. The summed E-state index contributed by atoms with van der Waals surface area (Å²) in [5.41, 5.74) is 1.12. The molecule has 1 aliphatic heterocycles. The van der Waals surface area contributed by atoms with Gasteiger partial charge in [-0.1, -0.05) is 19.2 Å². The molecule has 0 amide bonds. The highest BCUT2D eigenvalue weighted by molar-refractivity contribution is 5.20. The largest absolute Gasteiger partial charge is 0.310 e. The van der Waals surface area contributed by atoms with Crippen LogP contribution >= 0.6 is 0 Å². The van der Waals surface area contributed by atoms with E-state index in [-0.39, 0.29) is 0 Å². The van der Waals surface area contributed by atoms with E-state index in [4.69, 9.17) is 0 Å². The lowest BCUT2D eigenvalue weighted by atomic mass is 10.00. The van der Waals surface area contributed by atoms with Crippen LogP contribution in [0.5, 0.6) is 0 Å². The van der Waals surface area contributed by atoms with Crippen molar-refractivity contribution in [3.05, 3.63) is 24.8 Å². The second-order valence-corrected chi connectivity index (χ2v) is 2.07. The molecule has 1 unspecified atom stereocenters. The van der Waals surface area contributed by atoms with Gasteiger partial charge >= 0.3 is 0 Å². The lowest BCUT2D eigenvalue weighted by molar-refractivity contribution is 0.425. The number of hydrogen-bond acceptors (Lipinski definition) is 1. The van der Waals surface area contributed by atoms with Gasteiger partial charge in [0.15, 0.2) is 0 Å². The van der Waals surface area contributed by atoms with Crippen LogP contribution in [0.15, 0.2) is 24.8 Å². The molecule has 1 aliphatic rings. The van der Waals surface area contributed by atoms with Gasteiger partial charge in [0.25, 0.3) is 0 Å². The minimum Gasteiger partial charge on any atom is -0.310 e. The van der Waals surface area contributed by atoms with Gasteiger partial charge in [-0.15, -0.1) is 0 Å². The minimum absolute atomic E-state index is 0.535. The Hall–Kier alpha value is -0.560. The fourth-order valence-electron chi connectivity index (χ4n) is 0.747. The number of rotatable bonds is 2. The molecule has 44 valence electrons. The Morgan fingerprint density at radius 1 is 1.75 bits per heavy atom. The fraction of sp³-hybridized carbons (Fsp3) is 0.429. The Balaban J connectivity index is 2.34. The minimum atomic E-state index is 0.535. The molecule has 0 saturated carbocycles. The van der Waals surface area contributed by atoms with Crippen molar-refractivity contribution in [2.45, 2.75) is 12.5 Å². The fourth-order valence-corrected chi connectivity index (χ4v) is 0.747. The van der Waals surface area contributed by atoms with E-state index < -0.39 is 0 Å². The first-order valence-electron chi connectivity index (χ1n) is 2.89. The molecule has 0 aromatic heterocycles. The molecule has 1 heteroatoms. The van der Waals surface area contributed by atoms with Crippen molar-refractivity contribution in [2.24, 2.45) is 0 Å². The third kappa shape index (κ3) is 0.819. The van der Waals surface area contributed by atoms with Gasteiger partial charge in [0.1, 0.15) is 0 Å². The van der Waals surface area contributed by atoms with Crippen LogP contribution in [0.1, 0.15) is 6.42 Å². The summed E-state index contributed by atoms with van der Waals surface area (Å²) in [5, 5.41) is 3.23. The highest BCUT2D eigenvalue weighted by atomic mass is 15.0. The van der Waals surface area contributed by atoms with Gasteiger partial charge in [-0.2, -0.15) is 0 Å². The summed E-state index contributed by atoms with van der Waals surface area (Å²) in [6.07, 6.45) is 3.04. The zero-order valence-corrected chi connectivity index (χ0v) is 4.98. The normalized spacial score (nSPS) is 26.2. The maximum Gasteiger partial charge on any atom is 0.0326 e. The molecule has 0 radical (unpaired) electrons. The highest BCUT2D eigenvalue weighted by Gasteiger charge is 2.16. The van der Waals surface area contributed by atoms with Gasteiger partial charge in [0.05, 0.1) is 0 Å². The first kappa shape index (κ1) is 5.57. The molecule has 1 fully saturated rings. The second kappa shape index (κ2) is 2.14. The summed E-state index contributed by atoms with van der Waals surface area (Å²) in [6.45, 7) is 8.58. The van der Waals surface area contributed by atoms with Crippen molar-refractivity contribution >= 4 is 0 Å². The molecule has 0 aromatic carbocycles. The Kier molecular flexibility index (Phi) is 1.49. The third-order valence-corrected chi connectivity index (χ3v) is 1.53. The summed E-state index contributed by atoms with van der Waals surface area (Å²) in [7, 11) is 0. The molecule has 0 bridgehead atoms. The molecule has 0 spiro atoms. The zero-order chi connectivity index (χ0) is 5.98. The van der Waals surface area contributed by atoms with Gasteiger partial charge in [0, 0.05) is 6.04 Å². The van der Waals surface area contributed by atoms with E-state index in [1.54, 1.807) is 0 Å². The molecule has 1 N–H and O–H groups in total. The average molecular weight is 109 g/mol. The van der Waals surface area contributed by atoms with Crippen molar-refractivity contribution in [3.63, 3.8) is 0 Å². The van der Waals surface area contributed by atoms with Crippen molar-refractivity contribution in [1.82, 2.24) is 5.32 Å². The van der Waals surface area contributed by atoms with E-state index in [2.05, 4.69) is 18.5 Å². The molecule has 1 rings (SSSR count). The molecule has 1 nitrogen and oxygen atoms in total. The summed E-state index contributed by atoms with van der Waals surface area (Å²) in [4.78, 5) is 0. The van der Waals surface area contributed by atoms with Gasteiger partial charge < -0.3 is 5.32 Å². The van der Waals surface area contributed by atoms with Gasteiger partial charge in [-0.3, -0.25) is 0 Å². The molecule has 0 aromatic rings. The standard InChI is InChI=1S/C7H11N/c1-3-6(2)7-4-5-8-7/h3,7-8H,1-2,4-5H2. The zero-order valence-electron chi connectivity index (χ0n) is 4.98. The first-order chi connectivity index (χ1) is 3.84. The van der Waals surface area contributed by atoms with Crippen LogP contribution in [0.3, 0.4) is 0 Å². The lowest BCUT2D eigenvalue weighted by Gasteiger charge is -2.27. The van der Waals surface area contributed by atoms with E-state index in [0.717, 1.165) is 12.1 Å². The van der Waals surface area contributed by atoms with Crippen LogP contribution in [-0.4, -0.2) is 12.6 Å². The summed E-state index contributed by atoms with van der Waals surface area (Å²) < 4.78 is 0. The van der Waals surface area contributed by atoms with E-state index in [1.807, 2.05) is 6.08 Å². The topological polar surface area (TPSA) is 12.0 Å². The van der Waals surface area contributed by atoms with Gasteiger partial charge in [-0.25, -0.2) is 0 Å². The van der Waals surface area contributed by atoms with Crippen LogP contribution < -0.4 is 5.32 Å². The first-order valence-corrected chi connectivity index (χ1v) is 2.89. The van der Waals surface area contributed by atoms with Crippen molar-refractivity contribution in [2.75, 3.05) is 6.54 Å². The molecular weight excluding hydrogens is 98.1 g/mol. The van der Waals surface area contributed by atoms with E-state index in [0.29, 0.717) is 6.04 Å². The Bertz CT molecular complexity index is 112. The Morgan fingerprint density at radius 2 is 2.38 bits per heavy atom. The van der Waals surface area contributed by atoms with Crippen molar-refractivity contribution in [3.8, 4) is 0 Å². The van der Waals surface area contributed by atoms with Gasteiger partial charge in [0.2, 0.25) is 0 Å². The van der Waals surface area contributed by atoms with E-state index >= 15 is 0 Å². The van der Waals surface area contributed by atoms with Crippen LogP contribution in [0.25, 0.3) is 0 Å². The summed E-state index contributed by atoms with van der Waals surface area (Å²) in [6, 6.07) is 0.535. The predicted octanol–water partition coefficient (Wildman–Crippen LogP) is 1.09. The maximum atomic E-state index is 3.81. The molecule has 8 heavy (non-hydrogen) atoms. The third-order valence-electron chi connectivity index (χ3n) is 1.53. The van der Waals surface area contributed by atoms with E-state index in [1.165, 1.54) is 6.42 Å². The molecule has 1 atom stereocenters. The maximum absolute atomic E-state index is 3.81. The Morgan fingerprint density at radius 3 is 2.50 bits per heavy atom. The van der Waals surface area contributed by atoms with Gasteiger partial charge in [-0.05, 0) is 18.5 Å². The SMILES string of the molecule is C=CC(=C)C1CCN1. The molecule has 0 aliphatic carbocycles. The van der Waals surface area contributed by atoms with Crippen LogP contribution in [0.4, 0.5) is 0 Å². The smallest absolute Gasteiger partial charge is 0.0326 e. The highest BCUT2D eigenvalue weighted by Crippen LogP contribution is 2.10. The van der Waals surface area contributed by atoms with Crippen LogP contribution in [-0.2, 0) is 0 Å². The molecule has 1 saturated heterocycles. The quantitative estimate of drug-likeness (QED) is 0.523. The average Bonchev–Trinajstić information content (AvgIpc) is 1.62. The van der Waals surface area contributed by atoms with E-state index in [9.17, 15) is 0 Å².